The van der Waals surface area contributed by atoms with Gasteiger partial charge in [-0.15, -0.1) is 5.10 Å². The number of anilines is 2. The van der Waals surface area contributed by atoms with Gasteiger partial charge in [-0.2, -0.15) is 4.80 Å². The lowest BCUT2D eigenvalue weighted by Gasteiger charge is -2.06. The van der Waals surface area contributed by atoms with E-state index in [1.54, 1.807) is 6.92 Å². The van der Waals surface area contributed by atoms with Gasteiger partial charge in [-0.25, -0.2) is 13.1 Å². The van der Waals surface area contributed by atoms with E-state index < -0.39 is 10.0 Å². The maximum Gasteiger partial charge on any atom is 0.277 e. The first-order chi connectivity index (χ1) is 8.38. The minimum atomic E-state index is -3.72. The number of aromatic nitrogens is 4. The highest BCUT2D eigenvalue weighted by atomic mass is 32.2. The molecule has 1 heterocycles. The van der Waals surface area contributed by atoms with E-state index in [9.17, 15) is 8.42 Å². The molecule has 1 aromatic carbocycles. The lowest BCUT2D eigenvalue weighted by molar-refractivity contribution is 0.600. The average molecular weight is 268 g/mol. The van der Waals surface area contributed by atoms with E-state index in [2.05, 4.69) is 20.1 Å². The van der Waals surface area contributed by atoms with Crippen LogP contribution < -0.4 is 10.5 Å². The second-order valence-electron chi connectivity index (χ2n) is 3.73. The third-order valence-electron chi connectivity index (χ3n) is 2.29. The molecule has 8 nitrogen and oxygen atoms in total. The molecule has 0 aliphatic heterocycles. The van der Waals surface area contributed by atoms with Crippen molar-refractivity contribution in [3.05, 3.63) is 23.8 Å². The Morgan fingerprint density at radius 2 is 2.11 bits per heavy atom. The van der Waals surface area contributed by atoms with Crippen molar-refractivity contribution in [1.82, 2.24) is 20.2 Å². The van der Waals surface area contributed by atoms with E-state index in [0.29, 0.717) is 11.3 Å². The predicted octanol–water partition coefficient (Wildman–Crippen LogP) is -0.0985. The molecule has 0 spiro atoms. The van der Waals surface area contributed by atoms with Crippen molar-refractivity contribution in [2.75, 3.05) is 10.5 Å². The number of benzene rings is 1. The molecule has 0 amide bonds. The molecule has 0 fully saturated rings. The van der Waals surface area contributed by atoms with Crippen molar-refractivity contribution in [3.8, 4) is 0 Å². The molecule has 0 radical (unpaired) electrons. The van der Waals surface area contributed by atoms with Crippen LogP contribution in [0.4, 0.5) is 11.6 Å². The molecule has 0 saturated heterocycles. The SMILES string of the molecule is Cc1cc(S(=O)(=O)Nc2nnn(C)n2)ccc1N. The van der Waals surface area contributed by atoms with Crippen LogP contribution in [-0.4, -0.2) is 28.6 Å². The summed E-state index contributed by atoms with van der Waals surface area (Å²) in [6, 6.07) is 4.43. The maximum absolute atomic E-state index is 12.0. The van der Waals surface area contributed by atoms with E-state index in [0.717, 1.165) is 4.80 Å². The summed E-state index contributed by atoms with van der Waals surface area (Å²) in [4.78, 5) is 1.26. The lowest BCUT2D eigenvalue weighted by atomic mass is 10.2. The molecule has 18 heavy (non-hydrogen) atoms. The molecule has 9 heteroatoms. The molecule has 0 saturated carbocycles. The molecule has 2 rings (SSSR count). The minimum Gasteiger partial charge on any atom is -0.399 e. The molecule has 3 N–H and O–H groups in total. The van der Waals surface area contributed by atoms with Gasteiger partial charge in [0.25, 0.3) is 16.0 Å². The number of nitrogens with two attached hydrogens (primary N) is 1. The Balaban J connectivity index is 2.33. The van der Waals surface area contributed by atoms with Gasteiger partial charge in [0.15, 0.2) is 0 Å². The van der Waals surface area contributed by atoms with E-state index in [1.165, 1.54) is 25.2 Å². The van der Waals surface area contributed by atoms with Crippen molar-refractivity contribution in [3.63, 3.8) is 0 Å². The highest BCUT2D eigenvalue weighted by Crippen LogP contribution is 2.18. The zero-order chi connectivity index (χ0) is 13.3. The Labute approximate surface area is 104 Å². The van der Waals surface area contributed by atoms with Crippen LogP contribution in [0.3, 0.4) is 0 Å². The molecular weight excluding hydrogens is 256 g/mol. The van der Waals surface area contributed by atoms with E-state index >= 15 is 0 Å². The van der Waals surface area contributed by atoms with Crippen LogP contribution in [0, 0.1) is 6.92 Å². The van der Waals surface area contributed by atoms with Crippen LogP contribution in [0.5, 0.6) is 0 Å². The van der Waals surface area contributed by atoms with Crippen molar-refractivity contribution in [2.24, 2.45) is 7.05 Å². The minimum absolute atomic E-state index is 0.0769. The van der Waals surface area contributed by atoms with E-state index in [1.807, 2.05) is 0 Å². The Kier molecular flexibility index (Phi) is 2.91. The summed E-state index contributed by atoms with van der Waals surface area (Å²) in [5, 5.41) is 10.8. The van der Waals surface area contributed by atoms with Gasteiger partial charge in [-0.3, -0.25) is 0 Å². The Hall–Kier alpha value is -2.16. The summed E-state index contributed by atoms with van der Waals surface area (Å²) < 4.78 is 26.2. The topological polar surface area (TPSA) is 116 Å². The van der Waals surface area contributed by atoms with Gasteiger partial charge in [0, 0.05) is 5.69 Å². The van der Waals surface area contributed by atoms with Gasteiger partial charge < -0.3 is 5.73 Å². The molecule has 0 unspecified atom stereocenters. The first-order valence-electron chi connectivity index (χ1n) is 5.01. The molecule has 0 aliphatic carbocycles. The van der Waals surface area contributed by atoms with E-state index in [4.69, 9.17) is 5.73 Å². The fourth-order valence-corrected chi connectivity index (χ4v) is 2.34. The summed E-state index contributed by atoms with van der Waals surface area (Å²) in [6.45, 7) is 1.73. The number of sulfonamides is 1. The largest absolute Gasteiger partial charge is 0.399 e. The van der Waals surface area contributed by atoms with Gasteiger partial charge in [0.1, 0.15) is 0 Å². The quantitative estimate of drug-likeness (QED) is 0.751. The van der Waals surface area contributed by atoms with Crippen molar-refractivity contribution >= 4 is 21.7 Å². The molecule has 0 atom stereocenters. The highest BCUT2D eigenvalue weighted by molar-refractivity contribution is 7.92. The summed E-state index contributed by atoms with van der Waals surface area (Å²) in [5.41, 5.74) is 6.85. The Morgan fingerprint density at radius 3 is 2.67 bits per heavy atom. The normalized spacial score (nSPS) is 11.4. The van der Waals surface area contributed by atoms with Crippen molar-refractivity contribution in [1.29, 1.82) is 0 Å². The summed E-state index contributed by atoms with van der Waals surface area (Å²) in [6.07, 6.45) is 0. The fourth-order valence-electron chi connectivity index (χ4n) is 1.32. The monoisotopic (exact) mass is 268 g/mol. The smallest absolute Gasteiger partial charge is 0.277 e. The van der Waals surface area contributed by atoms with Gasteiger partial charge in [0.2, 0.25) is 0 Å². The predicted molar refractivity (Wildman–Crippen MR) is 65.2 cm³/mol. The summed E-state index contributed by atoms with van der Waals surface area (Å²) in [5.74, 6) is -0.0769. The molecule has 96 valence electrons. The fraction of sp³-hybridized carbons (Fsp3) is 0.222. The van der Waals surface area contributed by atoms with Gasteiger partial charge in [-0.05, 0) is 35.9 Å². The number of nitrogen functional groups attached to an aromatic ring is 1. The first-order valence-corrected chi connectivity index (χ1v) is 6.50. The lowest BCUT2D eigenvalue weighted by Crippen LogP contribution is -2.14. The van der Waals surface area contributed by atoms with Crippen LogP contribution in [0.25, 0.3) is 0 Å². The van der Waals surface area contributed by atoms with Crippen LogP contribution in [0.2, 0.25) is 0 Å². The number of nitrogens with one attached hydrogen (secondary N) is 1. The highest BCUT2D eigenvalue weighted by Gasteiger charge is 2.17. The molecule has 1 aromatic heterocycles. The van der Waals surface area contributed by atoms with Crippen LogP contribution in [0.15, 0.2) is 23.1 Å². The Bertz CT molecular complexity index is 678. The number of hydrogen-bond acceptors (Lipinski definition) is 6. The molecule has 0 aliphatic rings. The third kappa shape index (κ3) is 2.40. The second-order valence-corrected chi connectivity index (χ2v) is 5.41. The number of nitrogens with zero attached hydrogens (tertiary/aromatic N) is 4. The number of aryl methyl sites for hydroxylation is 2. The first kappa shape index (κ1) is 12.3. The number of rotatable bonds is 3. The number of tetrazole rings is 1. The zero-order valence-corrected chi connectivity index (χ0v) is 10.6. The van der Waals surface area contributed by atoms with Crippen LogP contribution in [0.1, 0.15) is 5.56 Å². The second kappa shape index (κ2) is 4.26. The standard InChI is InChI=1S/C9H12N6O2S/c1-6-5-7(3-4-8(6)10)18(16,17)13-9-11-14-15(2)12-9/h3-5H,10H2,1-2H3,(H,12,13). The third-order valence-corrected chi connectivity index (χ3v) is 3.61. The average Bonchev–Trinajstić information content (AvgIpc) is 2.67. The van der Waals surface area contributed by atoms with Gasteiger partial charge in [0.05, 0.1) is 11.9 Å². The van der Waals surface area contributed by atoms with Crippen molar-refractivity contribution < 1.29 is 8.42 Å². The molecule has 2 aromatic rings. The van der Waals surface area contributed by atoms with Crippen LogP contribution in [-0.2, 0) is 17.1 Å². The maximum atomic E-state index is 12.0. The van der Waals surface area contributed by atoms with Gasteiger partial charge >= 0.3 is 0 Å². The molecule has 0 bridgehead atoms. The Morgan fingerprint density at radius 1 is 1.39 bits per heavy atom. The van der Waals surface area contributed by atoms with Crippen LogP contribution >= 0.6 is 0 Å². The van der Waals surface area contributed by atoms with Crippen molar-refractivity contribution in [2.45, 2.75) is 11.8 Å². The van der Waals surface area contributed by atoms with E-state index in [-0.39, 0.29) is 10.8 Å². The van der Waals surface area contributed by atoms with Gasteiger partial charge in [-0.1, -0.05) is 5.10 Å². The summed E-state index contributed by atoms with van der Waals surface area (Å²) in [7, 11) is -2.18. The number of hydrogen-bond donors (Lipinski definition) is 2. The zero-order valence-electron chi connectivity index (χ0n) is 9.82. The summed E-state index contributed by atoms with van der Waals surface area (Å²) >= 11 is 0. The molecular formula is C9H12N6O2S.